The van der Waals surface area contributed by atoms with Gasteiger partial charge in [0.05, 0.1) is 16.6 Å². The molecule has 0 spiro atoms. The molecular weight excluding hydrogens is 398 g/mol. The minimum Gasteiger partial charge on any atom is -0.508 e. The van der Waals surface area contributed by atoms with E-state index >= 15 is 0 Å². The van der Waals surface area contributed by atoms with Crippen molar-refractivity contribution >= 4 is 16.7 Å². The summed E-state index contributed by atoms with van der Waals surface area (Å²) in [5, 5.41) is 14.7. The molecule has 4 heterocycles. The fourth-order valence-corrected chi connectivity index (χ4v) is 3.67. The van der Waals surface area contributed by atoms with Gasteiger partial charge in [0.25, 0.3) is 11.3 Å². The minimum absolute atomic E-state index is 0.0819. The first-order chi connectivity index (χ1) is 15.2. The van der Waals surface area contributed by atoms with Crippen LogP contribution in [0.1, 0.15) is 0 Å². The Balaban J connectivity index is 1.50. The van der Waals surface area contributed by atoms with Crippen LogP contribution >= 0.6 is 0 Å². The summed E-state index contributed by atoms with van der Waals surface area (Å²) in [7, 11) is 0. The summed E-state index contributed by atoms with van der Waals surface area (Å²) in [6, 6.07) is 13.8. The summed E-state index contributed by atoms with van der Waals surface area (Å²) >= 11 is 0. The van der Waals surface area contributed by atoms with E-state index in [9.17, 15) is 9.90 Å². The van der Waals surface area contributed by atoms with E-state index < -0.39 is 0 Å². The van der Waals surface area contributed by atoms with E-state index in [1.165, 1.54) is 16.8 Å². The Bertz CT molecular complexity index is 1540. The van der Waals surface area contributed by atoms with Crippen LogP contribution in [0.3, 0.4) is 0 Å². The number of rotatable bonds is 2. The first-order valence-corrected chi connectivity index (χ1v) is 9.64. The van der Waals surface area contributed by atoms with Gasteiger partial charge in [-0.2, -0.15) is 9.50 Å². The lowest BCUT2D eigenvalue weighted by molar-refractivity contribution is 0.171. The number of nitrogens with zero attached hydrogens (tertiary/aromatic N) is 5. The van der Waals surface area contributed by atoms with E-state index in [0.717, 1.165) is 5.56 Å². The largest absolute Gasteiger partial charge is 0.508 e. The van der Waals surface area contributed by atoms with Crippen molar-refractivity contribution in [2.45, 2.75) is 0 Å². The molecule has 1 aliphatic rings. The van der Waals surface area contributed by atoms with Gasteiger partial charge in [-0.05, 0) is 36.4 Å². The molecule has 152 valence electrons. The Kier molecular flexibility index (Phi) is 3.69. The zero-order valence-electron chi connectivity index (χ0n) is 16.1. The lowest BCUT2D eigenvalue weighted by atomic mass is 10.2. The second-order valence-electron chi connectivity index (χ2n) is 7.07. The Hall–Kier alpha value is -4.40. The van der Waals surface area contributed by atoms with E-state index in [4.69, 9.17) is 9.47 Å². The van der Waals surface area contributed by atoms with Crippen LogP contribution < -0.4 is 15.0 Å². The van der Waals surface area contributed by atoms with Crippen LogP contribution in [-0.4, -0.2) is 42.5 Å². The van der Waals surface area contributed by atoms with E-state index in [1.54, 1.807) is 35.0 Å². The van der Waals surface area contributed by atoms with Crippen molar-refractivity contribution in [1.82, 2.24) is 24.1 Å². The maximum Gasteiger partial charge on any atom is 0.266 e. The second kappa shape index (κ2) is 6.56. The van der Waals surface area contributed by atoms with Gasteiger partial charge in [0.1, 0.15) is 19.0 Å². The number of benzene rings is 2. The summed E-state index contributed by atoms with van der Waals surface area (Å²) in [4.78, 5) is 21.9. The van der Waals surface area contributed by atoms with Crippen molar-refractivity contribution in [3.8, 4) is 34.3 Å². The Morgan fingerprint density at radius 3 is 2.74 bits per heavy atom. The number of phenolic OH excluding ortho intramolecular Hbond substituents is 1. The molecule has 31 heavy (non-hydrogen) atoms. The smallest absolute Gasteiger partial charge is 0.266 e. The number of fused-ring (bicyclic) bond motifs is 4. The van der Waals surface area contributed by atoms with Crippen molar-refractivity contribution in [2.75, 3.05) is 13.2 Å². The highest BCUT2D eigenvalue weighted by molar-refractivity contribution is 5.79. The third-order valence-corrected chi connectivity index (χ3v) is 5.14. The molecule has 0 aliphatic carbocycles. The van der Waals surface area contributed by atoms with Crippen LogP contribution in [0.15, 0.2) is 65.7 Å². The van der Waals surface area contributed by atoms with Gasteiger partial charge in [-0.1, -0.05) is 6.07 Å². The van der Waals surface area contributed by atoms with Gasteiger partial charge < -0.3 is 14.6 Å². The number of aromatic nitrogens is 5. The fraction of sp³-hybridized carbons (Fsp3) is 0.0909. The van der Waals surface area contributed by atoms with Gasteiger partial charge in [-0.25, -0.2) is 4.98 Å². The zero-order chi connectivity index (χ0) is 20.9. The molecule has 2 aromatic carbocycles. The molecule has 0 amide bonds. The average molecular weight is 413 g/mol. The number of phenols is 1. The predicted octanol–water partition coefficient (Wildman–Crippen LogP) is 2.57. The number of ether oxygens (including phenoxy) is 2. The van der Waals surface area contributed by atoms with E-state index in [0.29, 0.717) is 52.9 Å². The summed E-state index contributed by atoms with van der Waals surface area (Å²) in [6.07, 6.45) is 3.14. The Morgan fingerprint density at radius 2 is 1.87 bits per heavy atom. The highest BCUT2D eigenvalue weighted by atomic mass is 16.6. The molecule has 1 N–H and O–H groups in total. The van der Waals surface area contributed by atoms with E-state index in [2.05, 4.69) is 15.1 Å². The Labute approximate surface area is 174 Å². The molecule has 1 aliphatic heterocycles. The van der Waals surface area contributed by atoms with E-state index in [1.807, 2.05) is 18.2 Å². The molecule has 6 rings (SSSR count). The lowest BCUT2D eigenvalue weighted by Gasteiger charge is -2.18. The van der Waals surface area contributed by atoms with Crippen LogP contribution in [-0.2, 0) is 0 Å². The zero-order valence-corrected chi connectivity index (χ0v) is 16.1. The van der Waals surface area contributed by atoms with Gasteiger partial charge in [0.15, 0.2) is 17.3 Å². The van der Waals surface area contributed by atoms with Gasteiger partial charge in [0, 0.05) is 24.0 Å². The molecule has 0 radical (unpaired) electrons. The monoisotopic (exact) mass is 413 g/mol. The SMILES string of the molecule is O=c1c2cnc3nc(-c4ccc5c(c4)OCCO5)nn3c2ccn1-c1cccc(O)c1. The molecule has 0 bridgehead atoms. The van der Waals surface area contributed by atoms with Crippen molar-refractivity contribution < 1.29 is 14.6 Å². The molecule has 9 nitrogen and oxygen atoms in total. The number of hydrogen-bond acceptors (Lipinski definition) is 7. The van der Waals surface area contributed by atoms with Crippen LogP contribution in [0.25, 0.3) is 33.8 Å². The highest BCUT2D eigenvalue weighted by Gasteiger charge is 2.17. The summed E-state index contributed by atoms with van der Waals surface area (Å²) in [5.41, 5.74) is 1.63. The van der Waals surface area contributed by atoms with Crippen molar-refractivity contribution in [2.24, 2.45) is 0 Å². The fourth-order valence-electron chi connectivity index (χ4n) is 3.67. The summed E-state index contributed by atoms with van der Waals surface area (Å²) in [5.74, 6) is 2.27. The normalized spacial score (nSPS) is 13.0. The second-order valence-corrected chi connectivity index (χ2v) is 7.07. The van der Waals surface area contributed by atoms with Gasteiger partial charge in [-0.3, -0.25) is 9.36 Å². The highest BCUT2D eigenvalue weighted by Crippen LogP contribution is 2.33. The standard InChI is InChI=1S/C22H15N5O4/c28-15-3-1-2-14(11-15)26-7-6-17-16(21(26)29)12-23-22-24-20(25-27(17)22)13-4-5-18-19(10-13)31-9-8-30-18/h1-7,10-12,28H,8-9H2. The molecule has 5 aromatic rings. The lowest BCUT2D eigenvalue weighted by Crippen LogP contribution is -2.18. The van der Waals surface area contributed by atoms with Crippen LogP contribution in [0.5, 0.6) is 17.2 Å². The van der Waals surface area contributed by atoms with Crippen molar-refractivity contribution in [3.63, 3.8) is 0 Å². The van der Waals surface area contributed by atoms with Gasteiger partial charge in [-0.15, -0.1) is 5.10 Å². The molecule has 0 fully saturated rings. The molecule has 0 unspecified atom stereocenters. The van der Waals surface area contributed by atoms with Gasteiger partial charge >= 0.3 is 0 Å². The van der Waals surface area contributed by atoms with Crippen molar-refractivity contribution in [3.05, 3.63) is 71.3 Å². The minimum atomic E-state index is -0.270. The topological polar surface area (TPSA) is 104 Å². The molecular formula is C22H15N5O4. The van der Waals surface area contributed by atoms with Crippen LogP contribution in [0.4, 0.5) is 0 Å². The summed E-state index contributed by atoms with van der Waals surface area (Å²) < 4.78 is 14.2. The molecule has 0 atom stereocenters. The predicted molar refractivity (Wildman–Crippen MR) is 112 cm³/mol. The van der Waals surface area contributed by atoms with E-state index in [-0.39, 0.29) is 11.3 Å². The summed E-state index contributed by atoms with van der Waals surface area (Å²) in [6.45, 7) is 1.02. The first-order valence-electron chi connectivity index (χ1n) is 9.64. The average Bonchev–Trinajstić information content (AvgIpc) is 3.24. The van der Waals surface area contributed by atoms with Crippen LogP contribution in [0.2, 0.25) is 0 Å². The number of hydrogen-bond donors (Lipinski definition) is 1. The van der Waals surface area contributed by atoms with Gasteiger partial charge in [0.2, 0.25) is 0 Å². The van der Waals surface area contributed by atoms with Crippen molar-refractivity contribution in [1.29, 1.82) is 0 Å². The Morgan fingerprint density at radius 1 is 1.00 bits per heavy atom. The molecule has 0 saturated heterocycles. The third kappa shape index (κ3) is 2.78. The van der Waals surface area contributed by atoms with Crippen LogP contribution in [0, 0.1) is 0 Å². The number of pyridine rings is 1. The quantitative estimate of drug-likeness (QED) is 0.474. The maximum atomic E-state index is 13.1. The molecule has 0 saturated carbocycles. The number of aromatic hydroxyl groups is 1. The maximum absolute atomic E-state index is 13.1. The third-order valence-electron chi connectivity index (χ3n) is 5.14. The molecule has 3 aromatic heterocycles. The first kappa shape index (κ1) is 17.5. The molecule has 9 heteroatoms.